The van der Waals surface area contributed by atoms with Crippen LogP contribution in [-0.4, -0.2) is 73.8 Å². The molecule has 1 atom stereocenters. The van der Waals surface area contributed by atoms with E-state index in [1.54, 1.807) is 0 Å². The minimum Gasteiger partial charge on any atom is -0.381 e. The van der Waals surface area contributed by atoms with Crippen molar-refractivity contribution in [2.24, 2.45) is 4.99 Å². The summed E-state index contributed by atoms with van der Waals surface area (Å²) in [6, 6.07) is 0.775. The van der Waals surface area contributed by atoms with Crippen LogP contribution in [0.3, 0.4) is 0 Å². The minimum atomic E-state index is 0. The van der Waals surface area contributed by atoms with E-state index in [0.29, 0.717) is 0 Å². The SMILES string of the molecule is CCNC(=NCC1(SC)CCOCC1)NCCN1CCCCC1CC.I. The van der Waals surface area contributed by atoms with Crippen LogP contribution in [0.4, 0.5) is 0 Å². The van der Waals surface area contributed by atoms with Crippen LogP contribution in [0, 0.1) is 0 Å². The number of rotatable bonds is 8. The molecule has 7 heteroatoms. The second-order valence-corrected chi connectivity index (χ2v) is 8.49. The first-order chi connectivity index (χ1) is 12.2. The number of aliphatic imine (C=N–C) groups is 1. The van der Waals surface area contributed by atoms with E-state index in [1.165, 1.54) is 32.2 Å². The van der Waals surface area contributed by atoms with Gasteiger partial charge in [0.25, 0.3) is 0 Å². The summed E-state index contributed by atoms with van der Waals surface area (Å²) in [6.07, 6.45) is 9.79. The number of hydrogen-bond acceptors (Lipinski definition) is 4. The molecule has 5 nitrogen and oxygen atoms in total. The van der Waals surface area contributed by atoms with Gasteiger partial charge in [-0.15, -0.1) is 24.0 Å². The number of thioether (sulfide) groups is 1. The van der Waals surface area contributed by atoms with Gasteiger partial charge in [0.2, 0.25) is 0 Å². The van der Waals surface area contributed by atoms with Gasteiger partial charge in [0, 0.05) is 43.6 Å². The molecule has 2 heterocycles. The molecule has 2 aliphatic rings. The van der Waals surface area contributed by atoms with E-state index >= 15 is 0 Å². The molecule has 0 radical (unpaired) electrons. The van der Waals surface area contributed by atoms with Gasteiger partial charge in [0.1, 0.15) is 0 Å². The van der Waals surface area contributed by atoms with Gasteiger partial charge >= 0.3 is 0 Å². The number of nitrogens with one attached hydrogen (secondary N) is 2. The van der Waals surface area contributed by atoms with Crippen LogP contribution in [0.2, 0.25) is 0 Å². The fraction of sp³-hybridized carbons (Fsp3) is 0.947. The first-order valence-corrected chi connectivity index (χ1v) is 11.3. The van der Waals surface area contributed by atoms with E-state index in [9.17, 15) is 0 Å². The number of guanidine groups is 1. The van der Waals surface area contributed by atoms with Crippen molar-refractivity contribution in [2.45, 2.75) is 63.2 Å². The number of piperidine rings is 1. The second kappa shape index (κ2) is 13.4. The standard InChI is InChI=1S/C19H38N4OS.HI/c1-4-17-8-6-7-12-23(17)13-11-21-18(20-5-2)22-16-19(25-3)9-14-24-15-10-19;/h17H,4-16H2,1-3H3,(H2,20,21,22);1H. The highest BCUT2D eigenvalue weighted by Crippen LogP contribution is 2.33. The van der Waals surface area contributed by atoms with Gasteiger partial charge in [0.05, 0.1) is 6.54 Å². The normalized spacial score (nSPS) is 24.0. The Morgan fingerprint density at radius 2 is 2.00 bits per heavy atom. The lowest BCUT2D eigenvalue weighted by molar-refractivity contribution is 0.0794. The number of ether oxygens (including phenoxy) is 1. The number of hydrogen-bond donors (Lipinski definition) is 2. The Labute approximate surface area is 181 Å². The molecule has 0 saturated carbocycles. The summed E-state index contributed by atoms with van der Waals surface area (Å²) < 4.78 is 5.79. The number of likely N-dealkylation sites (tertiary alicyclic amines) is 1. The third-order valence-electron chi connectivity index (χ3n) is 5.62. The van der Waals surface area contributed by atoms with Gasteiger partial charge < -0.3 is 15.4 Å². The van der Waals surface area contributed by atoms with Crippen molar-refractivity contribution >= 4 is 41.7 Å². The quantitative estimate of drug-likeness (QED) is 0.306. The Balaban J connectivity index is 0.00000338. The van der Waals surface area contributed by atoms with Crippen LogP contribution in [0.1, 0.15) is 52.4 Å². The maximum Gasteiger partial charge on any atom is 0.191 e. The van der Waals surface area contributed by atoms with Crippen molar-refractivity contribution in [2.75, 3.05) is 52.2 Å². The summed E-state index contributed by atoms with van der Waals surface area (Å²) in [5.41, 5.74) is 0. The average Bonchev–Trinajstić information content (AvgIpc) is 2.67. The van der Waals surface area contributed by atoms with E-state index in [4.69, 9.17) is 9.73 Å². The van der Waals surface area contributed by atoms with E-state index in [2.05, 4.69) is 35.6 Å². The molecule has 0 amide bonds. The summed E-state index contributed by atoms with van der Waals surface area (Å²) in [5, 5.41) is 6.96. The molecule has 0 aromatic carbocycles. The maximum absolute atomic E-state index is 5.54. The molecule has 0 spiro atoms. The monoisotopic (exact) mass is 498 g/mol. The highest BCUT2D eigenvalue weighted by molar-refractivity contribution is 14.0. The average molecular weight is 499 g/mol. The summed E-state index contributed by atoms with van der Waals surface area (Å²) in [7, 11) is 0. The van der Waals surface area contributed by atoms with Crippen molar-refractivity contribution in [3.63, 3.8) is 0 Å². The third-order valence-corrected chi connectivity index (χ3v) is 7.02. The summed E-state index contributed by atoms with van der Waals surface area (Å²) in [5.74, 6) is 0.965. The van der Waals surface area contributed by atoms with Gasteiger partial charge in [-0.1, -0.05) is 13.3 Å². The Morgan fingerprint density at radius 1 is 1.23 bits per heavy atom. The van der Waals surface area contributed by atoms with Crippen LogP contribution in [0.25, 0.3) is 0 Å². The second-order valence-electron chi connectivity index (χ2n) is 7.22. The van der Waals surface area contributed by atoms with Crippen LogP contribution < -0.4 is 10.6 Å². The predicted octanol–water partition coefficient (Wildman–Crippen LogP) is 3.34. The molecule has 0 aliphatic carbocycles. The molecule has 2 saturated heterocycles. The zero-order valence-corrected chi connectivity index (χ0v) is 20.0. The molecule has 0 aromatic rings. The third kappa shape index (κ3) is 7.72. The molecule has 2 N–H and O–H groups in total. The van der Waals surface area contributed by atoms with Gasteiger partial charge in [-0.25, -0.2) is 0 Å². The lowest BCUT2D eigenvalue weighted by Crippen LogP contribution is -2.46. The molecule has 2 fully saturated rings. The van der Waals surface area contributed by atoms with Crippen molar-refractivity contribution in [3.8, 4) is 0 Å². The molecule has 2 rings (SSSR count). The smallest absolute Gasteiger partial charge is 0.191 e. The Morgan fingerprint density at radius 3 is 2.65 bits per heavy atom. The molecule has 2 aliphatic heterocycles. The Bertz CT molecular complexity index is 405. The van der Waals surface area contributed by atoms with Crippen LogP contribution >= 0.6 is 35.7 Å². The maximum atomic E-state index is 5.54. The van der Waals surface area contributed by atoms with Crippen LogP contribution in [0.5, 0.6) is 0 Å². The highest BCUT2D eigenvalue weighted by atomic mass is 127. The largest absolute Gasteiger partial charge is 0.381 e. The highest BCUT2D eigenvalue weighted by Gasteiger charge is 2.31. The van der Waals surface area contributed by atoms with Gasteiger partial charge in [-0.2, -0.15) is 11.8 Å². The van der Waals surface area contributed by atoms with Gasteiger partial charge in [0.15, 0.2) is 5.96 Å². The lowest BCUT2D eigenvalue weighted by atomic mass is 9.99. The summed E-state index contributed by atoms with van der Waals surface area (Å²) >= 11 is 1.95. The first kappa shape index (κ1) is 24.3. The predicted molar refractivity (Wildman–Crippen MR) is 125 cm³/mol. The zero-order valence-electron chi connectivity index (χ0n) is 16.9. The van der Waals surface area contributed by atoms with E-state index in [0.717, 1.165) is 64.2 Å². The van der Waals surface area contributed by atoms with Gasteiger partial charge in [-0.3, -0.25) is 9.89 Å². The fourth-order valence-corrected chi connectivity index (χ4v) is 4.64. The molecule has 154 valence electrons. The summed E-state index contributed by atoms with van der Waals surface area (Å²) in [4.78, 5) is 7.56. The minimum absolute atomic E-state index is 0. The number of nitrogens with zero attached hydrogens (tertiary/aromatic N) is 2. The Kier molecular flexibility index (Phi) is 12.6. The van der Waals surface area contributed by atoms with Crippen molar-refractivity contribution < 1.29 is 4.74 Å². The Hall–Kier alpha value is 0.270. The van der Waals surface area contributed by atoms with Crippen molar-refractivity contribution in [1.82, 2.24) is 15.5 Å². The van der Waals surface area contributed by atoms with E-state index in [-0.39, 0.29) is 28.7 Å². The van der Waals surface area contributed by atoms with Crippen LogP contribution in [0.15, 0.2) is 4.99 Å². The topological polar surface area (TPSA) is 48.9 Å². The van der Waals surface area contributed by atoms with Crippen molar-refractivity contribution in [3.05, 3.63) is 0 Å². The molecule has 0 aromatic heterocycles. The van der Waals surface area contributed by atoms with E-state index < -0.39 is 0 Å². The molecular formula is C19H39IN4OS. The first-order valence-electron chi connectivity index (χ1n) is 10.1. The molecule has 0 bridgehead atoms. The van der Waals surface area contributed by atoms with Gasteiger partial charge in [-0.05, 0) is 51.8 Å². The van der Waals surface area contributed by atoms with Crippen LogP contribution in [-0.2, 0) is 4.74 Å². The number of halogens is 1. The fourth-order valence-electron chi connectivity index (χ4n) is 3.87. The molecular weight excluding hydrogens is 459 g/mol. The lowest BCUT2D eigenvalue weighted by Gasteiger charge is -2.35. The van der Waals surface area contributed by atoms with E-state index in [1.807, 2.05) is 11.8 Å². The molecule has 26 heavy (non-hydrogen) atoms. The zero-order chi connectivity index (χ0) is 18.0. The summed E-state index contributed by atoms with van der Waals surface area (Å²) in [6.45, 7) is 11.3. The van der Waals surface area contributed by atoms with Crippen molar-refractivity contribution in [1.29, 1.82) is 0 Å². The molecule has 1 unspecified atom stereocenters.